The minimum absolute atomic E-state index is 0.0707. The van der Waals surface area contributed by atoms with Gasteiger partial charge in [-0.3, -0.25) is 14.5 Å². The summed E-state index contributed by atoms with van der Waals surface area (Å²) in [5, 5.41) is 12.9. The molecule has 9 heteroatoms. The van der Waals surface area contributed by atoms with Crippen molar-refractivity contribution in [2.75, 3.05) is 13.1 Å². The largest absolute Gasteiger partial charge is 0.343 e. The summed E-state index contributed by atoms with van der Waals surface area (Å²) in [7, 11) is 1.67. The molecular weight excluding hydrogens is 363 g/mol. The number of carbonyl (C=O) groups is 1. The molecule has 100 valence electrons. The molecule has 3 rings (SSSR count). The number of rotatable bonds is 2. The summed E-state index contributed by atoms with van der Waals surface area (Å²) in [5.41, 5.74) is 0.276. The average Bonchev–Trinajstić information content (AvgIpc) is 2.87. The van der Waals surface area contributed by atoms with Gasteiger partial charge in [0.05, 0.1) is 15.7 Å². The number of aromatic amines is 2. The first-order chi connectivity index (χ1) is 9.08. The number of likely N-dealkylation sites (tertiary alicyclic amines) is 1. The van der Waals surface area contributed by atoms with Gasteiger partial charge in [-0.2, -0.15) is 10.2 Å². The molecule has 1 aliphatic rings. The van der Waals surface area contributed by atoms with E-state index in [4.69, 9.17) is 0 Å². The van der Waals surface area contributed by atoms with Gasteiger partial charge in [0.2, 0.25) is 0 Å². The van der Waals surface area contributed by atoms with Crippen LogP contribution in [0.5, 0.6) is 0 Å². The molecule has 1 fully saturated rings. The lowest BCUT2D eigenvalue weighted by molar-refractivity contribution is 0.0584. The van der Waals surface area contributed by atoms with Gasteiger partial charge >= 0.3 is 5.69 Å². The summed E-state index contributed by atoms with van der Waals surface area (Å²) in [6.07, 6.45) is 1.61. The van der Waals surface area contributed by atoms with Crippen LogP contribution in [0.3, 0.4) is 0 Å². The Morgan fingerprint density at radius 3 is 2.74 bits per heavy atom. The second kappa shape index (κ2) is 4.47. The number of halogens is 1. The summed E-state index contributed by atoms with van der Waals surface area (Å²) in [6.45, 7) is 1.12. The normalized spacial score (nSPS) is 15.6. The van der Waals surface area contributed by atoms with E-state index in [1.165, 1.54) is 4.57 Å². The predicted molar refractivity (Wildman–Crippen MR) is 73.8 cm³/mol. The van der Waals surface area contributed by atoms with Crippen LogP contribution < -0.4 is 5.69 Å². The third-order valence-corrected chi connectivity index (χ3v) is 4.07. The van der Waals surface area contributed by atoms with E-state index in [9.17, 15) is 9.59 Å². The molecular formula is C10H11IN6O2. The number of H-pyrrole nitrogens is 2. The Hall–Kier alpha value is -1.65. The molecule has 0 bridgehead atoms. The van der Waals surface area contributed by atoms with Crippen molar-refractivity contribution in [2.45, 2.75) is 5.92 Å². The standard InChI is InChI=1S/C10H11IN6O2/c1-16-8(14-15-10(16)19)5-3-17(4-5)9(18)7-6(11)2-12-13-7/h2,5H,3-4H2,1H3,(H,12,13)(H,15,19). The lowest BCUT2D eigenvalue weighted by Crippen LogP contribution is -2.49. The van der Waals surface area contributed by atoms with Crippen LogP contribution in [0.25, 0.3) is 0 Å². The van der Waals surface area contributed by atoms with E-state index in [2.05, 4.69) is 43.0 Å². The molecule has 2 N–H and O–H groups in total. The first-order valence-electron chi connectivity index (χ1n) is 5.67. The molecule has 0 saturated carbocycles. The fourth-order valence-electron chi connectivity index (χ4n) is 2.11. The highest BCUT2D eigenvalue weighted by Gasteiger charge is 2.36. The summed E-state index contributed by atoms with van der Waals surface area (Å²) < 4.78 is 2.28. The highest BCUT2D eigenvalue weighted by molar-refractivity contribution is 14.1. The van der Waals surface area contributed by atoms with E-state index in [0.717, 1.165) is 3.57 Å². The maximum Gasteiger partial charge on any atom is 0.343 e. The van der Waals surface area contributed by atoms with Gasteiger partial charge in [-0.05, 0) is 22.6 Å². The second-order valence-electron chi connectivity index (χ2n) is 4.45. The average molecular weight is 374 g/mol. The molecule has 0 spiro atoms. The molecule has 1 amide bonds. The van der Waals surface area contributed by atoms with Gasteiger partial charge in [0.1, 0.15) is 11.5 Å². The summed E-state index contributed by atoms with van der Waals surface area (Å²) in [4.78, 5) is 25.1. The number of hydrogen-bond acceptors (Lipinski definition) is 4. The molecule has 2 aromatic heterocycles. The smallest absolute Gasteiger partial charge is 0.336 e. The molecule has 0 unspecified atom stereocenters. The van der Waals surface area contributed by atoms with Gasteiger partial charge < -0.3 is 4.90 Å². The molecule has 2 aromatic rings. The van der Waals surface area contributed by atoms with E-state index in [1.807, 2.05) is 0 Å². The predicted octanol–water partition coefficient (Wildman–Crippen LogP) is -0.324. The number of hydrogen-bond donors (Lipinski definition) is 2. The molecule has 0 aromatic carbocycles. The van der Waals surface area contributed by atoms with E-state index in [1.54, 1.807) is 18.1 Å². The van der Waals surface area contributed by atoms with Crippen molar-refractivity contribution in [3.63, 3.8) is 0 Å². The lowest BCUT2D eigenvalue weighted by Gasteiger charge is -2.38. The summed E-state index contributed by atoms with van der Waals surface area (Å²) in [5.74, 6) is 0.723. The molecule has 19 heavy (non-hydrogen) atoms. The van der Waals surface area contributed by atoms with Crippen LogP contribution in [0.1, 0.15) is 22.2 Å². The van der Waals surface area contributed by atoms with Crippen LogP contribution in [-0.2, 0) is 7.05 Å². The number of nitrogens with zero attached hydrogens (tertiary/aromatic N) is 4. The van der Waals surface area contributed by atoms with Gasteiger partial charge in [-0.25, -0.2) is 9.89 Å². The van der Waals surface area contributed by atoms with Crippen molar-refractivity contribution in [3.8, 4) is 0 Å². The van der Waals surface area contributed by atoms with Crippen LogP contribution in [0, 0.1) is 3.57 Å². The SMILES string of the molecule is Cn1c(C2CN(C(=O)c3[nH]ncc3I)C2)n[nH]c1=O. The highest BCUT2D eigenvalue weighted by atomic mass is 127. The number of carbonyl (C=O) groups excluding carboxylic acids is 1. The Kier molecular flexibility index (Phi) is 2.92. The highest BCUT2D eigenvalue weighted by Crippen LogP contribution is 2.26. The van der Waals surface area contributed by atoms with Crippen molar-refractivity contribution in [3.05, 3.63) is 31.8 Å². The number of aromatic nitrogens is 5. The molecule has 0 aliphatic carbocycles. The van der Waals surface area contributed by atoms with Crippen LogP contribution in [0.4, 0.5) is 0 Å². The minimum Gasteiger partial charge on any atom is -0.336 e. The zero-order valence-corrected chi connectivity index (χ0v) is 12.2. The first-order valence-corrected chi connectivity index (χ1v) is 6.75. The number of nitrogens with one attached hydrogen (secondary N) is 2. The van der Waals surface area contributed by atoms with E-state index >= 15 is 0 Å². The molecule has 0 atom stereocenters. The van der Waals surface area contributed by atoms with Crippen LogP contribution in [0.2, 0.25) is 0 Å². The van der Waals surface area contributed by atoms with Gasteiger partial charge in [0.25, 0.3) is 5.91 Å². The minimum atomic E-state index is -0.233. The first kappa shape index (κ1) is 12.4. The van der Waals surface area contributed by atoms with Gasteiger partial charge in [0, 0.05) is 20.1 Å². The number of amides is 1. The van der Waals surface area contributed by atoms with Gasteiger partial charge in [-0.1, -0.05) is 0 Å². The van der Waals surface area contributed by atoms with Gasteiger partial charge in [0.15, 0.2) is 0 Å². The van der Waals surface area contributed by atoms with Crippen LogP contribution in [-0.4, -0.2) is 48.9 Å². The maximum atomic E-state index is 12.1. The Balaban J connectivity index is 1.71. The second-order valence-corrected chi connectivity index (χ2v) is 5.61. The molecule has 3 heterocycles. The van der Waals surface area contributed by atoms with Gasteiger partial charge in [-0.15, -0.1) is 0 Å². The Morgan fingerprint density at radius 1 is 1.47 bits per heavy atom. The van der Waals surface area contributed by atoms with Crippen molar-refractivity contribution < 1.29 is 4.79 Å². The third kappa shape index (κ3) is 1.97. The molecule has 1 saturated heterocycles. The van der Waals surface area contributed by atoms with E-state index in [-0.39, 0.29) is 17.5 Å². The molecule has 0 radical (unpaired) electrons. The zero-order chi connectivity index (χ0) is 13.6. The van der Waals surface area contributed by atoms with Crippen LogP contribution in [0.15, 0.2) is 11.0 Å². The maximum absolute atomic E-state index is 12.1. The lowest BCUT2D eigenvalue weighted by atomic mass is 9.99. The van der Waals surface area contributed by atoms with Crippen molar-refractivity contribution >= 4 is 28.5 Å². The van der Waals surface area contributed by atoms with Crippen molar-refractivity contribution in [2.24, 2.45) is 7.05 Å². The summed E-state index contributed by atoms with van der Waals surface area (Å²) >= 11 is 2.07. The zero-order valence-electron chi connectivity index (χ0n) is 10.1. The van der Waals surface area contributed by atoms with Crippen molar-refractivity contribution in [1.82, 2.24) is 29.9 Å². The van der Waals surface area contributed by atoms with E-state index < -0.39 is 0 Å². The topological polar surface area (TPSA) is 99.7 Å². The third-order valence-electron chi connectivity index (χ3n) is 3.26. The molecule has 8 nitrogen and oxygen atoms in total. The Morgan fingerprint density at radius 2 is 2.21 bits per heavy atom. The fourth-order valence-corrected chi connectivity index (χ4v) is 2.60. The Bertz CT molecular complexity index is 680. The quantitative estimate of drug-likeness (QED) is 0.704. The Labute approximate surface area is 121 Å². The van der Waals surface area contributed by atoms with Crippen LogP contribution >= 0.6 is 22.6 Å². The van der Waals surface area contributed by atoms with E-state index in [0.29, 0.717) is 24.6 Å². The molecule has 1 aliphatic heterocycles. The fraction of sp³-hybridized carbons (Fsp3) is 0.400. The monoisotopic (exact) mass is 374 g/mol. The summed E-state index contributed by atoms with van der Waals surface area (Å²) in [6, 6.07) is 0. The van der Waals surface area contributed by atoms with Crippen molar-refractivity contribution in [1.29, 1.82) is 0 Å².